The Kier molecular flexibility index (Phi) is 5.42. The Morgan fingerprint density at radius 3 is 1.91 bits per heavy atom. The highest BCUT2D eigenvalue weighted by Crippen LogP contribution is 2.21. The van der Waals surface area contributed by atoms with E-state index >= 15 is 0 Å². The van der Waals surface area contributed by atoms with E-state index in [4.69, 9.17) is 14.2 Å². The first-order valence-electron chi connectivity index (χ1n) is 7.07. The first kappa shape index (κ1) is 15.9. The summed E-state index contributed by atoms with van der Waals surface area (Å²) in [5, 5.41) is 0. The molecule has 4 heteroatoms. The molecule has 2 aromatic carbocycles. The van der Waals surface area contributed by atoms with E-state index in [1.165, 1.54) is 0 Å². The molecule has 0 unspecified atom stereocenters. The molecule has 0 N–H and O–H groups in total. The van der Waals surface area contributed by atoms with Gasteiger partial charge in [-0.25, -0.2) is 0 Å². The van der Waals surface area contributed by atoms with Gasteiger partial charge in [-0.15, -0.1) is 0 Å². The molecule has 2 rings (SSSR count). The lowest BCUT2D eigenvalue weighted by Crippen LogP contribution is -2.13. The summed E-state index contributed by atoms with van der Waals surface area (Å²) in [5.41, 5.74) is 1.83. The lowest BCUT2D eigenvalue weighted by Gasteiger charge is -2.12. The molecule has 0 saturated carbocycles. The summed E-state index contributed by atoms with van der Waals surface area (Å²) in [5.74, 6) is 0.981. The Morgan fingerprint density at radius 1 is 0.909 bits per heavy atom. The van der Waals surface area contributed by atoms with Gasteiger partial charge in [0.15, 0.2) is 0 Å². The van der Waals surface area contributed by atoms with Gasteiger partial charge in [-0.1, -0.05) is 24.3 Å². The predicted molar refractivity (Wildman–Crippen MR) is 84.2 cm³/mol. The van der Waals surface area contributed by atoms with Crippen molar-refractivity contribution in [3.05, 3.63) is 59.7 Å². The maximum absolute atomic E-state index is 12.1. The molecule has 0 amide bonds. The zero-order valence-corrected chi connectivity index (χ0v) is 13.0. The normalized spacial score (nSPS) is 11.6. The van der Waals surface area contributed by atoms with E-state index < -0.39 is 0 Å². The number of ether oxygens (including phenoxy) is 3. The third kappa shape index (κ3) is 4.01. The van der Waals surface area contributed by atoms with Gasteiger partial charge in [0.1, 0.15) is 18.1 Å². The average molecular weight is 300 g/mol. The van der Waals surface area contributed by atoms with E-state index in [1.54, 1.807) is 14.2 Å². The van der Waals surface area contributed by atoms with Crippen molar-refractivity contribution in [3.63, 3.8) is 0 Å². The van der Waals surface area contributed by atoms with Gasteiger partial charge in [0, 0.05) is 0 Å². The van der Waals surface area contributed by atoms with Crippen LogP contribution in [-0.2, 0) is 16.1 Å². The zero-order chi connectivity index (χ0) is 15.9. The molecule has 0 aliphatic heterocycles. The van der Waals surface area contributed by atoms with Crippen LogP contribution in [0.1, 0.15) is 24.0 Å². The van der Waals surface area contributed by atoms with Gasteiger partial charge in [-0.05, 0) is 42.3 Å². The van der Waals surface area contributed by atoms with Gasteiger partial charge < -0.3 is 14.2 Å². The second-order valence-electron chi connectivity index (χ2n) is 4.95. The molecule has 0 heterocycles. The second kappa shape index (κ2) is 7.50. The number of carbonyl (C=O) groups excluding carboxylic acids is 1. The van der Waals surface area contributed by atoms with Gasteiger partial charge >= 0.3 is 5.97 Å². The zero-order valence-electron chi connectivity index (χ0n) is 13.0. The summed E-state index contributed by atoms with van der Waals surface area (Å²) >= 11 is 0. The molecule has 0 radical (unpaired) electrons. The van der Waals surface area contributed by atoms with E-state index in [9.17, 15) is 4.79 Å². The number of rotatable bonds is 6. The second-order valence-corrected chi connectivity index (χ2v) is 4.95. The van der Waals surface area contributed by atoms with Gasteiger partial charge in [0.2, 0.25) is 0 Å². The first-order chi connectivity index (χ1) is 10.6. The molecule has 2 aromatic rings. The van der Waals surface area contributed by atoms with E-state index in [0.717, 1.165) is 22.6 Å². The van der Waals surface area contributed by atoms with Crippen molar-refractivity contribution in [1.29, 1.82) is 0 Å². The highest BCUT2D eigenvalue weighted by Gasteiger charge is 2.16. The Bertz CT molecular complexity index is 602. The van der Waals surface area contributed by atoms with Gasteiger partial charge in [0.25, 0.3) is 0 Å². The van der Waals surface area contributed by atoms with Crippen molar-refractivity contribution in [2.24, 2.45) is 0 Å². The van der Waals surface area contributed by atoms with Crippen LogP contribution < -0.4 is 9.47 Å². The third-order valence-electron chi connectivity index (χ3n) is 3.51. The average Bonchev–Trinajstić information content (AvgIpc) is 2.59. The summed E-state index contributed by atoms with van der Waals surface area (Å²) in [7, 11) is 3.23. The highest BCUT2D eigenvalue weighted by atomic mass is 16.5. The lowest BCUT2D eigenvalue weighted by molar-refractivity contribution is -0.146. The van der Waals surface area contributed by atoms with Crippen molar-refractivity contribution in [2.75, 3.05) is 14.2 Å². The van der Waals surface area contributed by atoms with Crippen molar-refractivity contribution in [3.8, 4) is 11.5 Å². The molecule has 0 fully saturated rings. The summed E-state index contributed by atoms with van der Waals surface area (Å²) in [6.07, 6.45) is 0. The SMILES string of the molecule is COc1ccc(COC(=O)[C@@H](C)c2ccc(OC)cc2)cc1. The summed E-state index contributed by atoms with van der Waals surface area (Å²) in [4.78, 5) is 12.1. The van der Waals surface area contributed by atoms with Crippen molar-refractivity contribution in [2.45, 2.75) is 19.4 Å². The number of methoxy groups -OCH3 is 2. The van der Waals surface area contributed by atoms with Crippen molar-refractivity contribution < 1.29 is 19.0 Å². The third-order valence-corrected chi connectivity index (χ3v) is 3.51. The Morgan fingerprint density at radius 2 is 1.41 bits per heavy atom. The predicted octanol–water partition coefficient (Wildman–Crippen LogP) is 3.55. The molecular formula is C18H20O4. The van der Waals surface area contributed by atoms with Gasteiger partial charge in [-0.3, -0.25) is 4.79 Å². The number of hydrogen-bond donors (Lipinski definition) is 0. The fraction of sp³-hybridized carbons (Fsp3) is 0.278. The summed E-state index contributed by atoms with van der Waals surface area (Å²) < 4.78 is 15.6. The summed E-state index contributed by atoms with van der Waals surface area (Å²) in [6, 6.07) is 14.9. The molecule has 0 saturated heterocycles. The number of benzene rings is 2. The molecule has 1 atom stereocenters. The van der Waals surface area contributed by atoms with E-state index in [0.29, 0.717) is 0 Å². The van der Waals surface area contributed by atoms with Crippen LogP contribution in [0.2, 0.25) is 0 Å². The van der Waals surface area contributed by atoms with Crippen LogP contribution in [0.25, 0.3) is 0 Å². The molecule has 0 aliphatic carbocycles. The van der Waals surface area contributed by atoms with Crippen LogP contribution >= 0.6 is 0 Å². The van der Waals surface area contributed by atoms with Crippen LogP contribution in [0.4, 0.5) is 0 Å². The summed E-state index contributed by atoms with van der Waals surface area (Å²) in [6.45, 7) is 2.08. The van der Waals surface area contributed by atoms with Gasteiger partial charge in [-0.2, -0.15) is 0 Å². The van der Waals surface area contributed by atoms with E-state index in [-0.39, 0.29) is 18.5 Å². The van der Waals surface area contributed by atoms with Crippen LogP contribution in [0.15, 0.2) is 48.5 Å². The van der Waals surface area contributed by atoms with Crippen LogP contribution in [-0.4, -0.2) is 20.2 Å². The minimum Gasteiger partial charge on any atom is -0.497 e. The number of esters is 1. The Hall–Kier alpha value is -2.49. The maximum atomic E-state index is 12.1. The molecule has 0 bridgehead atoms. The van der Waals surface area contributed by atoms with Crippen LogP contribution in [0.3, 0.4) is 0 Å². The number of carbonyl (C=O) groups is 1. The van der Waals surface area contributed by atoms with Crippen molar-refractivity contribution >= 4 is 5.97 Å². The topological polar surface area (TPSA) is 44.8 Å². The molecule has 4 nitrogen and oxygen atoms in total. The molecule has 0 spiro atoms. The monoisotopic (exact) mass is 300 g/mol. The van der Waals surface area contributed by atoms with Crippen molar-refractivity contribution in [1.82, 2.24) is 0 Å². The maximum Gasteiger partial charge on any atom is 0.313 e. The smallest absolute Gasteiger partial charge is 0.313 e. The van der Waals surface area contributed by atoms with Crippen LogP contribution in [0, 0.1) is 0 Å². The van der Waals surface area contributed by atoms with E-state index in [2.05, 4.69) is 0 Å². The molecule has 0 aromatic heterocycles. The van der Waals surface area contributed by atoms with E-state index in [1.807, 2.05) is 55.5 Å². The van der Waals surface area contributed by atoms with Gasteiger partial charge in [0.05, 0.1) is 20.1 Å². The minimum atomic E-state index is -0.316. The Labute approximate surface area is 130 Å². The molecule has 116 valence electrons. The van der Waals surface area contributed by atoms with Crippen LogP contribution in [0.5, 0.6) is 11.5 Å². The highest BCUT2D eigenvalue weighted by molar-refractivity contribution is 5.77. The quantitative estimate of drug-likeness (QED) is 0.765. The fourth-order valence-corrected chi connectivity index (χ4v) is 2.03. The first-order valence-corrected chi connectivity index (χ1v) is 7.07. The largest absolute Gasteiger partial charge is 0.497 e. The molecule has 0 aliphatic rings. The fourth-order valence-electron chi connectivity index (χ4n) is 2.03. The standard InChI is InChI=1S/C18H20O4/c1-13(15-6-10-17(21-3)11-7-15)18(19)22-12-14-4-8-16(20-2)9-5-14/h4-11,13H,12H2,1-3H3/t13-/m0/s1. The Balaban J connectivity index is 1.92. The lowest BCUT2D eigenvalue weighted by atomic mass is 10.0. The minimum absolute atomic E-state index is 0.249. The molecule has 22 heavy (non-hydrogen) atoms. The number of hydrogen-bond acceptors (Lipinski definition) is 4. The molecular weight excluding hydrogens is 280 g/mol.